The summed E-state index contributed by atoms with van der Waals surface area (Å²) in [5.41, 5.74) is 1.10. The highest BCUT2D eigenvalue weighted by atomic mass is 79.9. The van der Waals surface area contributed by atoms with Crippen molar-refractivity contribution in [1.29, 1.82) is 10.5 Å². The quantitative estimate of drug-likeness (QED) is 0.382. The number of ether oxygens (including phenoxy) is 1. The predicted molar refractivity (Wildman–Crippen MR) is 108 cm³/mol. The monoisotopic (exact) mass is 439 g/mol. The van der Waals surface area contributed by atoms with Crippen LogP contribution < -0.4 is 10.1 Å². The van der Waals surface area contributed by atoms with Gasteiger partial charge in [-0.1, -0.05) is 18.2 Å². The van der Waals surface area contributed by atoms with E-state index in [2.05, 4.69) is 27.8 Å². The number of para-hydroxylation sites is 1. The number of benzene rings is 2. The number of carbonyl (C=O) groups excluding carboxylic acids is 1. The van der Waals surface area contributed by atoms with Gasteiger partial charge in [-0.2, -0.15) is 10.5 Å². The van der Waals surface area contributed by atoms with Gasteiger partial charge in [0.2, 0.25) is 0 Å². The minimum Gasteiger partial charge on any atom is -0.477 e. The van der Waals surface area contributed by atoms with E-state index < -0.39 is 11.7 Å². The highest BCUT2D eigenvalue weighted by Gasteiger charge is 2.14. The number of carbonyl (C=O) groups is 1. The molecule has 0 bridgehead atoms. The molecule has 140 valence electrons. The van der Waals surface area contributed by atoms with E-state index in [1.54, 1.807) is 24.3 Å². The zero-order chi connectivity index (χ0) is 20.5. The molecule has 0 aliphatic heterocycles. The molecule has 0 heterocycles. The molecule has 0 saturated heterocycles. The van der Waals surface area contributed by atoms with E-state index in [9.17, 15) is 14.4 Å². The average Bonchev–Trinajstić information content (AvgIpc) is 2.67. The molecule has 0 aliphatic rings. The van der Waals surface area contributed by atoms with Crippen LogP contribution in [0.15, 0.2) is 59.1 Å². The highest BCUT2D eigenvalue weighted by molar-refractivity contribution is 9.10. The first kappa shape index (κ1) is 20.9. The fourth-order valence-electron chi connectivity index (χ4n) is 2.40. The van der Waals surface area contributed by atoms with E-state index >= 15 is 0 Å². The van der Waals surface area contributed by atoms with Gasteiger partial charge in [-0.05, 0) is 63.8 Å². The van der Waals surface area contributed by atoms with Gasteiger partial charge in [0.15, 0.2) is 6.61 Å². The molecule has 0 spiro atoms. The van der Waals surface area contributed by atoms with Crippen molar-refractivity contribution < 1.29 is 13.9 Å². The Balaban J connectivity index is 2.36. The van der Waals surface area contributed by atoms with E-state index in [1.165, 1.54) is 24.3 Å². The number of anilines is 1. The number of rotatable bonds is 7. The Morgan fingerprint density at radius 3 is 2.71 bits per heavy atom. The zero-order valence-corrected chi connectivity index (χ0v) is 16.3. The number of nitrogens with one attached hydrogen (secondary N) is 1. The maximum absolute atomic E-state index is 13.7. The number of hydrogen-bond donors (Lipinski definition) is 1. The highest BCUT2D eigenvalue weighted by Crippen LogP contribution is 2.32. The van der Waals surface area contributed by atoms with Crippen LogP contribution in [0.1, 0.15) is 11.1 Å². The van der Waals surface area contributed by atoms with Gasteiger partial charge in [0.1, 0.15) is 29.3 Å². The fourth-order valence-corrected chi connectivity index (χ4v) is 3.03. The Kier molecular flexibility index (Phi) is 7.50. The molecular formula is C21H15BrFN3O2. The molecule has 0 fully saturated rings. The number of nitriles is 2. The van der Waals surface area contributed by atoms with E-state index in [0.717, 1.165) is 5.56 Å². The minimum absolute atomic E-state index is 0.0116. The summed E-state index contributed by atoms with van der Waals surface area (Å²) in [5.74, 6) is -0.824. The molecule has 0 saturated carbocycles. The van der Waals surface area contributed by atoms with E-state index in [4.69, 9.17) is 10.00 Å². The fraction of sp³-hybridized carbons (Fsp3) is 0.0952. The average molecular weight is 440 g/mol. The Hall–Kier alpha value is -3.42. The van der Waals surface area contributed by atoms with Crippen molar-refractivity contribution in [2.75, 3.05) is 11.9 Å². The van der Waals surface area contributed by atoms with Crippen LogP contribution in [-0.4, -0.2) is 12.5 Å². The molecule has 28 heavy (non-hydrogen) atoms. The van der Waals surface area contributed by atoms with E-state index in [0.29, 0.717) is 22.2 Å². The molecule has 0 radical (unpaired) electrons. The molecule has 2 aromatic rings. The molecule has 0 unspecified atom stereocenters. The predicted octanol–water partition coefficient (Wildman–Crippen LogP) is 4.76. The van der Waals surface area contributed by atoms with Crippen molar-refractivity contribution in [1.82, 2.24) is 0 Å². The minimum atomic E-state index is -0.723. The lowest BCUT2D eigenvalue weighted by Gasteiger charge is -2.12. The van der Waals surface area contributed by atoms with Gasteiger partial charge < -0.3 is 10.1 Å². The van der Waals surface area contributed by atoms with Crippen LogP contribution in [-0.2, 0) is 11.2 Å². The van der Waals surface area contributed by atoms with Crippen molar-refractivity contribution >= 4 is 33.6 Å². The summed E-state index contributed by atoms with van der Waals surface area (Å²) >= 11 is 3.38. The molecular weight excluding hydrogens is 425 g/mol. The van der Waals surface area contributed by atoms with Crippen LogP contribution in [0, 0.1) is 28.5 Å². The number of allylic oxidation sites excluding steroid dienone is 1. The Morgan fingerprint density at radius 1 is 1.32 bits per heavy atom. The first-order chi connectivity index (χ1) is 13.5. The summed E-state index contributed by atoms with van der Waals surface area (Å²) in [6, 6.07) is 12.8. The summed E-state index contributed by atoms with van der Waals surface area (Å²) in [5, 5.41) is 20.5. The standard InChI is InChI=1S/C21H15BrFN3O2/c1-2-5-15-10-14(12-17(22)20(15)28-9-8-24)11-16(13-25)21(27)26-19-7-4-3-6-18(19)23/h2-4,6-7,10-12H,1,5,9H2,(H,26,27)/b16-11-. The van der Waals surface area contributed by atoms with E-state index in [-0.39, 0.29) is 17.9 Å². The second-order valence-corrected chi connectivity index (χ2v) is 6.39. The summed E-state index contributed by atoms with van der Waals surface area (Å²) in [6.07, 6.45) is 3.52. The molecule has 2 rings (SSSR count). The molecule has 7 heteroatoms. The van der Waals surface area contributed by atoms with Gasteiger partial charge in [-0.3, -0.25) is 4.79 Å². The van der Waals surface area contributed by atoms with Crippen LogP contribution in [0.25, 0.3) is 6.08 Å². The number of halogens is 2. The lowest BCUT2D eigenvalue weighted by molar-refractivity contribution is -0.112. The van der Waals surface area contributed by atoms with E-state index in [1.807, 2.05) is 12.1 Å². The summed E-state index contributed by atoms with van der Waals surface area (Å²) in [6.45, 7) is 3.58. The number of hydrogen-bond acceptors (Lipinski definition) is 4. The molecule has 1 N–H and O–H groups in total. The summed E-state index contributed by atoms with van der Waals surface area (Å²) < 4.78 is 19.7. The van der Waals surface area contributed by atoms with Crippen LogP contribution >= 0.6 is 15.9 Å². The second kappa shape index (κ2) is 10.1. The molecule has 0 aliphatic carbocycles. The third kappa shape index (κ3) is 5.29. The Labute approximate surface area is 170 Å². The normalized spacial score (nSPS) is 10.5. The van der Waals surface area contributed by atoms with Gasteiger partial charge in [-0.25, -0.2) is 4.39 Å². The first-order valence-electron chi connectivity index (χ1n) is 8.11. The maximum Gasteiger partial charge on any atom is 0.266 e. The topological polar surface area (TPSA) is 85.9 Å². The second-order valence-electron chi connectivity index (χ2n) is 5.53. The molecule has 2 aromatic carbocycles. The Bertz CT molecular complexity index is 1020. The van der Waals surface area contributed by atoms with Crippen LogP contribution in [0.5, 0.6) is 5.75 Å². The SMILES string of the molecule is C=CCc1cc(/C=C(/C#N)C(=O)Nc2ccccc2F)cc(Br)c1OCC#N. The van der Waals surface area contributed by atoms with Crippen molar-refractivity contribution in [3.8, 4) is 17.9 Å². The number of nitrogens with zero attached hydrogens (tertiary/aromatic N) is 2. The van der Waals surface area contributed by atoms with Crippen molar-refractivity contribution in [3.05, 3.63) is 76.0 Å². The van der Waals surface area contributed by atoms with Crippen LogP contribution in [0.3, 0.4) is 0 Å². The molecule has 5 nitrogen and oxygen atoms in total. The lowest BCUT2D eigenvalue weighted by atomic mass is 10.0. The number of amides is 1. The Morgan fingerprint density at radius 2 is 2.07 bits per heavy atom. The van der Waals surface area contributed by atoms with Gasteiger partial charge in [-0.15, -0.1) is 6.58 Å². The summed E-state index contributed by atoms with van der Waals surface area (Å²) in [4.78, 5) is 12.3. The zero-order valence-electron chi connectivity index (χ0n) is 14.7. The van der Waals surface area contributed by atoms with Crippen molar-refractivity contribution in [3.63, 3.8) is 0 Å². The van der Waals surface area contributed by atoms with Gasteiger partial charge in [0.25, 0.3) is 5.91 Å². The van der Waals surface area contributed by atoms with Crippen LogP contribution in [0.4, 0.5) is 10.1 Å². The lowest BCUT2D eigenvalue weighted by Crippen LogP contribution is -2.14. The van der Waals surface area contributed by atoms with Gasteiger partial charge in [0, 0.05) is 0 Å². The molecule has 0 aromatic heterocycles. The largest absolute Gasteiger partial charge is 0.477 e. The maximum atomic E-state index is 13.7. The third-order valence-electron chi connectivity index (χ3n) is 3.59. The third-order valence-corrected chi connectivity index (χ3v) is 4.18. The van der Waals surface area contributed by atoms with Crippen molar-refractivity contribution in [2.45, 2.75) is 6.42 Å². The molecule has 0 atom stereocenters. The molecule has 1 amide bonds. The van der Waals surface area contributed by atoms with Crippen LogP contribution in [0.2, 0.25) is 0 Å². The smallest absolute Gasteiger partial charge is 0.266 e. The first-order valence-corrected chi connectivity index (χ1v) is 8.90. The van der Waals surface area contributed by atoms with Crippen molar-refractivity contribution in [2.24, 2.45) is 0 Å². The van der Waals surface area contributed by atoms with Gasteiger partial charge >= 0.3 is 0 Å². The van der Waals surface area contributed by atoms with Gasteiger partial charge in [0.05, 0.1) is 10.2 Å². The summed E-state index contributed by atoms with van der Waals surface area (Å²) in [7, 11) is 0.